The minimum Gasteiger partial charge on any atom is -0.377 e. The first-order valence-corrected chi connectivity index (χ1v) is 7.10. The average Bonchev–Trinajstić information content (AvgIpc) is 2.43. The maximum absolute atomic E-state index is 11.8. The highest BCUT2D eigenvalue weighted by atomic mass is 16.5. The van der Waals surface area contributed by atoms with Crippen LogP contribution < -0.4 is 5.32 Å². The number of benzene rings is 1. The molecular weight excluding hydrogens is 238 g/mol. The van der Waals surface area contributed by atoms with Gasteiger partial charge in [0.15, 0.2) is 0 Å². The van der Waals surface area contributed by atoms with E-state index >= 15 is 0 Å². The van der Waals surface area contributed by atoms with Crippen LogP contribution in [0.1, 0.15) is 44.7 Å². The van der Waals surface area contributed by atoms with E-state index in [4.69, 9.17) is 4.74 Å². The van der Waals surface area contributed by atoms with Crippen molar-refractivity contribution in [2.24, 2.45) is 5.92 Å². The number of nitrogens with one attached hydrogen (secondary N) is 1. The second-order valence-electron chi connectivity index (χ2n) is 4.86. The first kappa shape index (κ1) is 15.7. The molecule has 3 heteroatoms. The maximum Gasteiger partial charge on any atom is 0.223 e. The Morgan fingerprint density at radius 1 is 1.21 bits per heavy atom. The molecule has 0 aromatic heterocycles. The molecule has 0 radical (unpaired) electrons. The van der Waals surface area contributed by atoms with Crippen LogP contribution in [0.25, 0.3) is 0 Å². The fourth-order valence-electron chi connectivity index (χ4n) is 1.90. The molecule has 0 spiro atoms. The van der Waals surface area contributed by atoms with Gasteiger partial charge < -0.3 is 10.1 Å². The van der Waals surface area contributed by atoms with Crippen LogP contribution in [0.5, 0.6) is 0 Å². The Morgan fingerprint density at radius 2 is 1.84 bits per heavy atom. The van der Waals surface area contributed by atoms with Gasteiger partial charge in [-0.25, -0.2) is 0 Å². The maximum atomic E-state index is 11.8. The lowest BCUT2D eigenvalue weighted by molar-refractivity contribution is -0.124. The van der Waals surface area contributed by atoms with E-state index in [9.17, 15) is 4.79 Å². The van der Waals surface area contributed by atoms with Gasteiger partial charge in [-0.3, -0.25) is 4.79 Å². The Morgan fingerprint density at radius 3 is 2.42 bits per heavy atom. The molecule has 0 aliphatic heterocycles. The second-order valence-corrected chi connectivity index (χ2v) is 4.86. The fraction of sp³-hybridized carbons (Fsp3) is 0.562. The molecule has 106 valence electrons. The van der Waals surface area contributed by atoms with Gasteiger partial charge in [-0.15, -0.1) is 0 Å². The highest BCUT2D eigenvalue weighted by Gasteiger charge is 2.10. The first-order valence-electron chi connectivity index (χ1n) is 7.10. The fourth-order valence-corrected chi connectivity index (χ4v) is 1.90. The van der Waals surface area contributed by atoms with Crippen molar-refractivity contribution in [2.75, 3.05) is 6.61 Å². The van der Waals surface area contributed by atoms with Crippen LogP contribution in [0.3, 0.4) is 0 Å². The predicted octanol–water partition coefficient (Wildman–Crippen LogP) is 3.28. The van der Waals surface area contributed by atoms with E-state index in [0.717, 1.165) is 30.6 Å². The SMILES string of the molecule is CCCC(C)C(=O)NCc1ccc(COCC)cc1. The number of ether oxygens (including phenoxy) is 1. The molecule has 0 heterocycles. The molecule has 0 aliphatic carbocycles. The summed E-state index contributed by atoms with van der Waals surface area (Å²) >= 11 is 0. The van der Waals surface area contributed by atoms with E-state index in [0.29, 0.717) is 13.2 Å². The van der Waals surface area contributed by atoms with Crippen molar-refractivity contribution < 1.29 is 9.53 Å². The van der Waals surface area contributed by atoms with Crippen molar-refractivity contribution in [3.63, 3.8) is 0 Å². The Hall–Kier alpha value is -1.35. The molecule has 1 atom stereocenters. The lowest BCUT2D eigenvalue weighted by Gasteiger charge is -2.11. The normalized spacial score (nSPS) is 12.2. The summed E-state index contributed by atoms with van der Waals surface area (Å²) in [6.07, 6.45) is 1.99. The van der Waals surface area contributed by atoms with Crippen LogP contribution in [0.4, 0.5) is 0 Å². The Labute approximate surface area is 116 Å². The van der Waals surface area contributed by atoms with Gasteiger partial charge in [-0.05, 0) is 24.5 Å². The molecule has 3 nitrogen and oxygen atoms in total. The van der Waals surface area contributed by atoms with Crippen molar-refractivity contribution in [1.29, 1.82) is 0 Å². The number of hydrogen-bond donors (Lipinski definition) is 1. The van der Waals surface area contributed by atoms with E-state index in [1.54, 1.807) is 0 Å². The van der Waals surface area contributed by atoms with Crippen LogP contribution in [0.15, 0.2) is 24.3 Å². The van der Waals surface area contributed by atoms with Gasteiger partial charge in [0.25, 0.3) is 0 Å². The summed E-state index contributed by atoms with van der Waals surface area (Å²) in [5.74, 6) is 0.238. The quantitative estimate of drug-likeness (QED) is 0.781. The molecule has 0 saturated heterocycles. The van der Waals surface area contributed by atoms with Crippen molar-refractivity contribution in [1.82, 2.24) is 5.32 Å². The largest absolute Gasteiger partial charge is 0.377 e. The topological polar surface area (TPSA) is 38.3 Å². The van der Waals surface area contributed by atoms with Crippen LogP contribution in [0.2, 0.25) is 0 Å². The zero-order valence-corrected chi connectivity index (χ0v) is 12.2. The van der Waals surface area contributed by atoms with Gasteiger partial charge in [0.1, 0.15) is 0 Å². The monoisotopic (exact) mass is 263 g/mol. The Kier molecular flexibility index (Phi) is 7.19. The number of amides is 1. The predicted molar refractivity (Wildman–Crippen MR) is 77.7 cm³/mol. The van der Waals surface area contributed by atoms with Gasteiger partial charge in [-0.2, -0.15) is 0 Å². The van der Waals surface area contributed by atoms with Gasteiger partial charge in [-0.1, -0.05) is 44.5 Å². The molecule has 1 unspecified atom stereocenters. The first-order chi connectivity index (χ1) is 9.17. The van der Waals surface area contributed by atoms with Crippen LogP contribution in [-0.4, -0.2) is 12.5 Å². The molecule has 0 saturated carbocycles. The highest BCUT2D eigenvalue weighted by Crippen LogP contribution is 2.08. The molecule has 1 rings (SSSR count). The summed E-state index contributed by atoms with van der Waals surface area (Å²) in [6.45, 7) is 8.04. The zero-order chi connectivity index (χ0) is 14.1. The zero-order valence-electron chi connectivity index (χ0n) is 12.2. The Balaban J connectivity index is 2.39. The number of rotatable bonds is 8. The highest BCUT2D eigenvalue weighted by molar-refractivity contribution is 5.78. The summed E-state index contributed by atoms with van der Waals surface area (Å²) in [5, 5.41) is 2.98. The Bertz CT molecular complexity index is 373. The van der Waals surface area contributed by atoms with Crippen LogP contribution in [-0.2, 0) is 22.7 Å². The minimum atomic E-state index is 0.0993. The molecule has 1 aromatic rings. The average molecular weight is 263 g/mol. The van der Waals surface area contributed by atoms with Gasteiger partial charge in [0.05, 0.1) is 6.61 Å². The molecule has 1 aromatic carbocycles. The summed E-state index contributed by atoms with van der Waals surface area (Å²) in [7, 11) is 0. The molecule has 1 N–H and O–H groups in total. The molecule has 19 heavy (non-hydrogen) atoms. The lowest BCUT2D eigenvalue weighted by Crippen LogP contribution is -2.28. The second kappa shape index (κ2) is 8.70. The summed E-state index contributed by atoms with van der Waals surface area (Å²) < 4.78 is 5.35. The number of carbonyl (C=O) groups is 1. The van der Waals surface area contributed by atoms with Gasteiger partial charge in [0.2, 0.25) is 5.91 Å². The van der Waals surface area contributed by atoms with E-state index in [-0.39, 0.29) is 11.8 Å². The summed E-state index contributed by atoms with van der Waals surface area (Å²) in [6, 6.07) is 8.18. The van der Waals surface area contributed by atoms with Crippen LogP contribution in [0, 0.1) is 5.92 Å². The third kappa shape index (κ3) is 5.88. The van der Waals surface area contributed by atoms with Crippen molar-refractivity contribution >= 4 is 5.91 Å². The van der Waals surface area contributed by atoms with Gasteiger partial charge in [0, 0.05) is 19.1 Å². The van der Waals surface area contributed by atoms with E-state index < -0.39 is 0 Å². The number of hydrogen-bond acceptors (Lipinski definition) is 2. The molecular formula is C16H25NO2. The van der Waals surface area contributed by atoms with Crippen molar-refractivity contribution in [3.05, 3.63) is 35.4 Å². The van der Waals surface area contributed by atoms with Crippen molar-refractivity contribution in [3.8, 4) is 0 Å². The molecule has 1 amide bonds. The van der Waals surface area contributed by atoms with E-state index in [1.807, 2.05) is 38.1 Å². The lowest BCUT2D eigenvalue weighted by atomic mass is 10.1. The van der Waals surface area contributed by atoms with Gasteiger partial charge >= 0.3 is 0 Å². The minimum absolute atomic E-state index is 0.0993. The third-order valence-corrected chi connectivity index (χ3v) is 3.13. The van der Waals surface area contributed by atoms with E-state index in [1.165, 1.54) is 0 Å². The van der Waals surface area contributed by atoms with Crippen LogP contribution >= 0.6 is 0 Å². The molecule has 0 fully saturated rings. The third-order valence-electron chi connectivity index (χ3n) is 3.13. The molecule has 0 aliphatic rings. The smallest absolute Gasteiger partial charge is 0.223 e. The van der Waals surface area contributed by atoms with Crippen molar-refractivity contribution in [2.45, 2.75) is 46.8 Å². The molecule has 0 bridgehead atoms. The standard InChI is InChI=1S/C16H25NO2/c1-4-6-13(3)16(18)17-11-14-7-9-15(10-8-14)12-19-5-2/h7-10,13H,4-6,11-12H2,1-3H3,(H,17,18). The summed E-state index contributed by atoms with van der Waals surface area (Å²) in [4.78, 5) is 11.8. The summed E-state index contributed by atoms with van der Waals surface area (Å²) in [5.41, 5.74) is 2.29. The van der Waals surface area contributed by atoms with E-state index in [2.05, 4.69) is 12.2 Å². The number of carbonyl (C=O) groups excluding carboxylic acids is 1.